The SMILES string of the molecule is C/C=C/C(=O)O[C@@H](CC)[Si](C)(C)O[Si](C)(C)[C@H](CC)OC(=O)/C=C/C. The standard InChI is InChI=1S/C18H34O5Si2/c1-9-13-15(19)21-17(11-3)24(5,6)23-25(7,8)18(12-4)22-16(20)14-10-2/h9-10,13-14,17-18H,11-12H2,1-8H3/b13-9+,14-10+/t17-,18-/m1/s1. The van der Waals surface area contributed by atoms with E-state index in [0.717, 1.165) is 0 Å². The average Bonchev–Trinajstić information content (AvgIpc) is 2.49. The number of carbonyl (C=O) groups excluding carboxylic acids is 2. The van der Waals surface area contributed by atoms with Crippen LogP contribution in [0.5, 0.6) is 0 Å². The zero-order valence-corrected chi connectivity index (χ0v) is 18.9. The maximum absolute atomic E-state index is 11.8. The van der Waals surface area contributed by atoms with Crippen molar-refractivity contribution in [1.29, 1.82) is 0 Å². The molecule has 0 rings (SSSR count). The van der Waals surface area contributed by atoms with Gasteiger partial charge in [0.15, 0.2) is 0 Å². The Labute approximate surface area is 154 Å². The summed E-state index contributed by atoms with van der Waals surface area (Å²) in [6.45, 7) is 15.8. The Bertz CT molecular complexity index is 454. The van der Waals surface area contributed by atoms with Gasteiger partial charge in [0.1, 0.15) is 11.5 Å². The van der Waals surface area contributed by atoms with Crippen LogP contribution in [0.4, 0.5) is 0 Å². The number of allylic oxidation sites excluding steroid dienone is 2. The molecule has 2 atom stereocenters. The van der Waals surface area contributed by atoms with Gasteiger partial charge in [0.25, 0.3) is 0 Å². The molecule has 0 spiro atoms. The van der Waals surface area contributed by atoms with Crippen molar-refractivity contribution in [3.63, 3.8) is 0 Å². The van der Waals surface area contributed by atoms with Gasteiger partial charge in [-0.25, -0.2) is 9.59 Å². The number of carbonyl (C=O) groups is 2. The summed E-state index contributed by atoms with van der Waals surface area (Å²) in [5, 5.41) is 0. The van der Waals surface area contributed by atoms with E-state index in [1.54, 1.807) is 26.0 Å². The molecule has 0 N–H and O–H groups in total. The van der Waals surface area contributed by atoms with Crippen molar-refractivity contribution in [2.75, 3.05) is 0 Å². The largest absolute Gasteiger partial charge is 0.460 e. The Morgan fingerprint density at radius 2 is 1.12 bits per heavy atom. The first-order valence-electron chi connectivity index (χ1n) is 8.90. The molecule has 0 heterocycles. The lowest BCUT2D eigenvalue weighted by Gasteiger charge is -2.40. The predicted octanol–water partition coefficient (Wildman–Crippen LogP) is 4.29. The van der Waals surface area contributed by atoms with Crippen LogP contribution in [0.3, 0.4) is 0 Å². The molecule has 5 nitrogen and oxygen atoms in total. The minimum Gasteiger partial charge on any atom is -0.460 e. The Morgan fingerprint density at radius 3 is 1.36 bits per heavy atom. The average molecular weight is 387 g/mol. The molecular formula is C18H34O5Si2. The molecule has 0 radical (unpaired) electrons. The smallest absolute Gasteiger partial charge is 0.330 e. The molecule has 0 aliphatic rings. The van der Waals surface area contributed by atoms with Crippen LogP contribution >= 0.6 is 0 Å². The van der Waals surface area contributed by atoms with Crippen molar-refractivity contribution >= 4 is 28.6 Å². The van der Waals surface area contributed by atoms with Gasteiger partial charge in [-0.1, -0.05) is 26.0 Å². The summed E-state index contributed by atoms with van der Waals surface area (Å²) in [7, 11) is -4.67. The Balaban J connectivity index is 5.22. The molecule has 0 saturated heterocycles. The summed E-state index contributed by atoms with van der Waals surface area (Å²) < 4.78 is 17.8. The molecule has 0 aliphatic carbocycles. The van der Waals surface area contributed by atoms with Crippen molar-refractivity contribution in [2.24, 2.45) is 0 Å². The summed E-state index contributed by atoms with van der Waals surface area (Å²) in [4.78, 5) is 23.6. The fraction of sp³-hybridized carbons (Fsp3) is 0.667. The normalized spacial score (nSPS) is 15.4. The topological polar surface area (TPSA) is 61.8 Å². The Hall–Kier alpha value is -1.19. The van der Waals surface area contributed by atoms with Crippen LogP contribution < -0.4 is 0 Å². The van der Waals surface area contributed by atoms with Crippen LogP contribution in [0.25, 0.3) is 0 Å². The van der Waals surface area contributed by atoms with Crippen molar-refractivity contribution < 1.29 is 23.2 Å². The van der Waals surface area contributed by atoms with E-state index in [1.165, 1.54) is 12.2 Å². The maximum atomic E-state index is 11.8. The summed E-state index contributed by atoms with van der Waals surface area (Å²) in [6.07, 6.45) is 7.56. The molecule has 25 heavy (non-hydrogen) atoms. The van der Waals surface area contributed by atoms with E-state index in [9.17, 15) is 9.59 Å². The van der Waals surface area contributed by atoms with E-state index in [4.69, 9.17) is 13.6 Å². The maximum Gasteiger partial charge on any atom is 0.330 e. The zero-order valence-electron chi connectivity index (χ0n) is 16.9. The first kappa shape index (κ1) is 23.8. The number of rotatable bonds is 10. The lowest BCUT2D eigenvalue weighted by atomic mass is 10.5. The molecule has 0 bridgehead atoms. The van der Waals surface area contributed by atoms with E-state index in [2.05, 4.69) is 26.2 Å². The lowest BCUT2D eigenvalue weighted by Crippen LogP contribution is -2.58. The fourth-order valence-electron chi connectivity index (χ4n) is 2.87. The van der Waals surface area contributed by atoms with E-state index in [1.807, 2.05) is 13.8 Å². The molecule has 0 unspecified atom stereocenters. The van der Waals surface area contributed by atoms with Crippen LogP contribution in [0.1, 0.15) is 40.5 Å². The lowest BCUT2D eigenvalue weighted by molar-refractivity contribution is -0.140. The zero-order chi connectivity index (χ0) is 19.7. The third kappa shape index (κ3) is 8.15. The van der Waals surface area contributed by atoms with Crippen LogP contribution in [0.2, 0.25) is 26.2 Å². The number of hydrogen-bond donors (Lipinski definition) is 0. The Kier molecular flexibility index (Phi) is 10.2. The molecule has 0 aromatic heterocycles. The van der Waals surface area contributed by atoms with Gasteiger partial charge in [-0.3, -0.25) is 0 Å². The van der Waals surface area contributed by atoms with Gasteiger partial charge in [0.2, 0.25) is 16.6 Å². The van der Waals surface area contributed by atoms with E-state index < -0.39 is 16.6 Å². The highest BCUT2D eigenvalue weighted by Gasteiger charge is 2.45. The second kappa shape index (κ2) is 10.7. The quantitative estimate of drug-likeness (QED) is 0.318. The highest BCUT2D eigenvalue weighted by Crippen LogP contribution is 2.26. The fourth-order valence-corrected chi connectivity index (χ4v) is 12.1. The van der Waals surface area contributed by atoms with Gasteiger partial charge in [-0.2, -0.15) is 0 Å². The van der Waals surface area contributed by atoms with Crippen molar-refractivity contribution in [2.45, 2.75) is 78.2 Å². The number of ether oxygens (including phenoxy) is 2. The highest BCUT2D eigenvalue weighted by molar-refractivity contribution is 6.86. The second-order valence-electron chi connectivity index (χ2n) is 6.98. The number of esters is 2. The van der Waals surface area contributed by atoms with Crippen LogP contribution in [-0.4, -0.2) is 40.0 Å². The third-order valence-corrected chi connectivity index (χ3v) is 12.3. The van der Waals surface area contributed by atoms with Crippen molar-refractivity contribution in [3.8, 4) is 0 Å². The van der Waals surface area contributed by atoms with Crippen LogP contribution in [-0.2, 0) is 23.2 Å². The van der Waals surface area contributed by atoms with Gasteiger partial charge in [-0.15, -0.1) is 0 Å². The molecule has 0 saturated carbocycles. The summed E-state index contributed by atoms with van der Waals surface area (Å²) in [5.41, 5.74) is -0.488. The first-order chi connectivity index (χ1) is 11.5. The van der Waals surface area contributed by atoms with Gasteiger partial charge in [-0.05, 0) is 52.9 Å². The number of hydrogen-bond acceptors (Lipinski definition) is 5. The second-order valence-corrected chi connectivity index (χ2v) is 15.5. The summed E-state index contributed by atoms with van der Waals surface area (Å²) in [6, 6.07) is 0. The first-order valence-corrected chi connectivity index (χ1v) is 14.9. The van der Waals surface area contributed by atoms with Crippen molar-refractivity contribution in [3.05, 3.63) is 24.3 Å². The predicted molar refractivity (Wildman–Crippen MR) is 106 cm³/mol. The molecular weight excluding hydrogens is 352 g/mol. The molecule has 7 heteroatoms. The molecule has 0 aliphatic heterocycles. The molecule has 0 fully saturated rings. The minimum absolute atomic E-state index is 0.244. The summed E-state index contributed by atoms with van der Waals surface area (Å²) in [5.74, 6) is -0.686. The van der Waals surface area contributed by atoms with Gasteiger partial charge in [0, 0.05) is 12.2 Å². The van der Waals surface area contributed by atoms with Gasteiger partial charge >= 0.3 is 11.9 Å². The highest BCUT2D eigenvalue weighted by atomic mass is 28.4. The molecule has 144 valence electrons. The molecule has 0 aromatic carbocycles. The van der Waals surface area contributed by atoms with Gasteiger partial charge in [0.05, 0.1) is 0 Å². The minimum atomic E-state index is -2.33. The van der Waals surface area contributed by atoms with E-state index in [0.29, 0.717) is 12.8 Å². The van der Waals surface area contributed by atoms with Gasteiger partial charge < -0.3 is 13.6 Å². The molecule has 0 aromatic rings. The van der Waals surface area contributed by atoms with Crippen molar-refractivity contribution in [1.82, 2.24) is 0 Å². The van der Waals surface area contributed by atoms with Crippen LogP contribution in [0.15, 0.2) is 24.3 Å². The van der Waals surface area contributed by atoms with Crippen LogP contribution in [0, 0.1) is 0 Å². The van der Waals surface area contributed by atoms with E-state index >= 15 is 0 Å². The third-order valence-electron chi connectivity index (χ3n) is 3.94. The van der Waals surface area contributed by atoms with E-state index in [-0.39, 0.29) is 23.4 Å². The Morgan fingerprint density at radius 1 is 0.800 bits per heavy atom. The summed E-state index contributed by atoms with van der Waals surface area (Å²) >= 11 is 0. The monoisotopic (exact) mass is 386 g/mol. The molecule has 0 amide bonds.